The van der Waals surface area contributed by atoms with Crippen LogP contribution in [0.2, 0.25) is 0 Å². The van der Waals surface area contributed by atoms with Gasteiger partial charge in [-0.05, 0) is 37.2 Å². The fraction of sp³-hybridized carbons (Fsp3) is 0.562. The van der Waals surface area contributed by atoms with Gasteiger partial charge in [-0.25, -0.2) is 4.39 Å². The van der Waals surface area contributed by atoms with E-state index >= 15 is 0 Å². The first-order valence-electron chi connectivity index (χ1n) is 7.32. The molecule has 1 unspecified atom stereocenters. The van der Waals surface area contributed by atoms with E-state index in [-0.39, 0.29) is 5.56 Å². The largest absolute Gasteiger partial charge is 0.300 e. The Labute approximate surface area is 120 Å². The zero-order valence-electron chi connectivity index (χ0n) is 12.3. The third kappa shape index (κ3) is 3.36. The van der Waals surface area contributed by atoms with Gasteiger partial charge in [0.1, 0.15) is 11.9 Å². The molecular weight excluding hydrogens is 253 g/mol. The van der Waals surface area contributed by atoms with E-state index in [9.17, 15) is 4.39 Å². The van der Waals surface area contributed by atoms with Crippen molar-refractivity contribution in [2.45, 2.75) is 32.9 Å². The number of benzene rings is 1. The van der Waals surface area contributed by atoms with Gasteiger partial charge in [-0.2, -0.15) is 5.26 Å². The maximum atomic E-state index is 13.3. The molecule has 1 fully saturated rings. The zero-order valence-corrected chi connectivity index (χ0v) is 12.3. The monoisotopic (exact) mass is 275 g/mol. The van der Waals surface area contributed by atoms with Gasteiger partial charge in [0.25, 0.3) is 0 Å². The molecule has 0 radical (unpaired) electrons. The summed E-state index contributed by atoms with van der Waals surface area (Å²) < 4.78 is 13.3. The normalized spacial score (nSPS) is 19.4. The van der Waals surface area contributed by atoms with Crippen LogP contribution in [0, 0.1) is 17.1 Å². The summed E-state index contributed by atoms with van der Waals surface area (Å²) in [6, 6.07) is 7.37. The predicted molar refractivity (Wildman–Crippen MR) is 77.7 cm³/mol. The maximum absolute atomic E-state index is 13.3. The Balaban J connectivity index is 1.97. The van der Waals surface area contributed by atoms with Gasteiger partial charge in [-0.1, -0.05) is 19.9 Å². The third-order valence-corrected chi connectivity index (χ3v) is 4.13. The molecule has 0 N–H and O–H groups in total. The van der Waals surface area contributed by atoms with E-state index in [4.69, 9.17) is 5.26 Å². The van der Waals surface area contributed by atoms with Gasteiger partial charge in [0.2, 0.25) is 0 Å². The highest BCUT2D eigenvalue weighted by Crippen LogP contribution is 2.19. The second kappa shape index (κ2) is 6.83. The molecule has 3 nitrogen and oxygen atoms in total. The minimum Gasteiger partial charge on any atom is -0.300 e. The fourth-order valence-corrected chi connectivity index (χ4v) is 3.01. The summed E-state index contributed by atoms with van der Waals surface area (Å²) >= 11 is 0. The fourth-order valence-electron chi connectivity index (χ4n) is 3.01. The van der Waals surface area contributed by atoms with Gasteiger partial charge in [0.05, 0.1) is 5.56 Å². The summed E-state index contributed by atoms with van der Waals surface area (Å²) in [6.45, 7) is 9.50. The summed E-state index contributed by atoms with van der Waals surface area (Å²) in [5, 5.41) is 8.87. The van der Waals surface area contributed by atoms with Gasteiger partial charge in [0.15, 0.2) is 0 Å². The number of hydrogen-bond donors (Lipinski definition) is 0. The van der Waals surface area contributed by atoms with Crippen molar-refractivity contribution in [1.82, 2.24) is 9.80 Å². The summed E-state index contributed by atoms with van der Waals surface area (Å²) in [5.74, 6) is -0.432. The predicted octanol–water partition coefficient (Wildman–Crippen LogP) is 2.61. The first-order chi connectivity index (χ1) is 9.67. The van der Waals surface area contributed by atoms with Crippen molar-refractivity contribution < 1.29 is 4.39 Å². The van der Waals surface area contributed by atoms with Gasteiger partial charge in [-0.3, -0.25) is 9.80 Å². The smallest absolute Gasteiger partial charge is 0.140 e. The van der Waals surface area contributed by atoms with E-state index in [0.717, 1.165) is 38.3 Å². The van der Waals surface area contributed by atoms with Gasteiger partial charge in [0, 0.05) is 25.7 Å². The third-order valence-electron chi connectivity index (χ3n) is 4.13. The number of nitrogens with zero attached hydrogens (tertiary/aromatic N) is 3. The second-order valence-corrected chi connectivity index (χ2v) is 5.32. The summed E-state index contributed by atoms with van der Waals surface area (Å²) in [5.41, 5.74) is 1.16. The summed E-state index contributed by atoms with van der Waals surface area (Å²) in [7, 11) is 0. The van der Waals surface area contributed by atoms with Crippen LogP contribution in [0.25, 0.3) is 0 Å². The average Bonchev–Trinajstić information content (AvgIpc) is 2.91. The van der Waals surface area contributed by atoms with Gasteiger partial charge < -0.3 is 0 Å². The molecule has 1 aliphatic rings. The highest BCUT2D eigenvalue weighted by Gasteiger charge is 2.26. The molecular formula is C16H22FN3. The van der Waals surface area contributed by atoms with Crippen LogP contribution < -0.4 is 0 Å². The topological polar surface area (TPSA) is 30.3 Å². The first-order valence-corrected chi connectivity index (χ1v) is 7.32. The molecule has 0 bridgehead atoms. The van der Waals surface area contributed by atoms with E-state index in [0.29, 0.717) is 6.04 Å². The molecule has 1 atom stereocenters. The molecule has 1 aromatic rings. The number of hydrogen-bond acceptors (Lipinski definition) is 3. The van der Waals surface area contributed by atoms with Crippen LogP contribution in [0.1, 0.15) is 31.4 Å². The molecule has 1 heterocycles. The SMILES string of the molecule is CCN(CC)C1CCN(Cc2ccc(F)c(C#N)c2)C1. The summed E-state index contributed by atoms with van der Waals surface area (Å²) in [4.78, 5) is 4.88. The molecule has 1 aromatic carbocycles. The van der Waals surface area contributed by atoms with Crippen molar-refractivity contribution >= 4 is 0 Å². The lowest BCUT2D eigenvalue weighted by Crippen LogP contribution is -2.37. The number of halogens is 1. The first kappa shape index (κ1) is 15.0. The van der Waals surface area contributed by atoms with E-state index in [2.05, 4.69) is 23.6 Å². The molecule has 0 amide bonds. The lowest BCUT2D eigenvalue weighted by atomic mass is 10.1. The number of likely N-dealkylation sites (N-methyl/N-ethyl adjacent to an activating group) is 1. The molecule has 108 valence electrons. The van der Waals surface area contributed by atoms with Crippen LogP contribution in [0.3, 0.4) is 0 Å². The standard InChI is InChI=1S/C16H22FN3/c1-3-20(4-2)15-7-8-19(12-15)11-13-5-6-16(17)14(9-13)10-18/h5-6,9,15H,3-4,7-8,11-12H2,1-2H3. The Hall–Kier alpha value is -1.44. The maximum Gasteiger partial charge on any atom is 0.140 e. The van der Waals surface area contributed by atoms with Crippen LogP contribution in [0.4, 0.5) is 4.39 Å². The lowest BCUT2D eigenvalue weighted by Gasteiger charge is -2.26. The molecule has 2 rings (SSSR count). The Morgan fingerprint density at radius 3 is 2.80 bits per heavy atom. The highest BCUT2D eigenvalue weighted by atomic mass is 19.1. The van der Waals surface area contributed by atoms with Gasteiger partial charge in [-0.15, -0.1) is 0 Å². The van der Waals surface area contributed by atoms with E-state index in [1.807, 2.05) is 6.07 Å². The lowest BCUT2D eigenvalue weighted by molar-refractivity contribution is 0.209. The number of nitriles is 1. The molecule has 0 aliphatic carbocycles. The van der Waals surface area contributed by atoms with E-state index in [1.165, 1.54) is 12.5 Å². The van der Waals surface area contributed by atoms with E-state index < -0.39 is 5.82 Å². The van der Waals surface area contributed by atoms with E-state index in [1.54, 1.807) is 12.1 Å². The summed E-state index contributed by atoms with van der Waals surface area (Å²) in [6.07, 6.45) is 1.19. The van der Waals surface area contributed by atoms with Crippen LogP contribution in [-0.2, 0) is 6.54 Å². The van der Waals surface area contributed by atoms with Crippen molar-refractivity contribution in [3.8, 4) is 6.07 Å². The van der Waals surface area contributed by atoms with Crippen molar-refractivity contribution in [1.29, 1.82) is 5.26 Å². The zero-order chi connectivity index (χ0) is 14.5. The number of rotatable bonds is 5. The van der Waals surface area contributed by atoms with Crippen molar-refractivity contribution in [2.75, 3.05) is 26.2 Å². The Morgan fingerprint density at radius 1 is 1.40 bits per heavy atom. The Morgan fingerprint density at radius 2 is 2.15 bits per heavy atom. The molecule has 0 saturated carbocycles. The minimum atomic E-state index is -0.432. The minimum absolute atomic E-state index is 0.141. The van der Waals surface area contributed by atoms with Crippen LogP contribution >= 0.6 is 0 Å². The highest BCUT2D eigenvalue weighted by molar-refractivity contribution is 5.34. The quantitative estimate of drug-likeness (QED) is 0.827. The van der Waals surface area contributed by atoms with Crippen molar-refractivity contribution in [3.63, 3.8) is 0 Å². The molecule has 1 saturated heterocycles. The Kier molecular flexibility index (Phi) is 5.11. The molecule has 20 heavy (non-hydrogen) atoms. The molecule has 0 spiro atoms. The Bertz CT molecular complexity index is 491. The van der Waals surface area contributed by atoms with Crippen molar-refractivity contribution in [3.05, 3.63) is 35.1 Å². The van der Waals surface area contributed by atoms with Crippen molar-refractivity contribution in [2.24, 2.45) is 0 Å². The van der Waals surface area contributed by atoms with Crippen LogP contribution in [-0.4, -0.2) is 42.0 Å². The van der Waals surface area contributed by atoms with Gasteiger partial charge >= 0.3 is 0 Å². The molecule has 4 heteroatoms. The van der Waals surface area contributed by atoms with Crippen LogP contribution in [0.15, 0.2) is 18.2 Å². The average molecular weight is 275 g/mol. The van der Waals surface area contributed by atoms with Crippen LogP contribution in [0.5, 0.6) is 0 Å². The second-order valence-electron chi connectivity index (χ2n) is 5.32. The molecule has 0 aromatic heterocycles. The number of likely N-dealkylation sites (tertiary alicyclic amines) is 1. The molecule has 1 aliphatic heterocycles.